The molecule has 2 heterocycles. The molecule has 15 heteroatoms. The average molecular weight is 625 g/mol. The third kappa shape index (κ3) is 9.37. The first-order chi connectivity index (χ1) is 20.8. The fourth-order valence-corrected chi connectivity index (χ4v) is 5.63. The Morgan fingerprint density at radius 3 is 1.70 bits per heavy atom. The molecule has 248 valence electrons. The fraction of sp³-hybridized carbons (Fsp3) is 0.759. The van der Waals surface area contributed by atoms with Gasteiger partial charge in [0.2, 0.25) is 29.5 Å². The van der Waals surface area contributed by atoms with Gasteiger partial charge in [0, 0.05) is 19.5 Å². The molecule has 0 bridgehead atoms. The molecule has 0 saturated carbocycles. The molecule has 0 radical (unpaired) electrons. The van der Waals surface area contributed by atoms with E-state index in [0.717, 1.165) is 0 Å². The second-order valence-electron chi connectivity index (χ2n) is 11.7. The molecule has 2 aliphatic heterocycles. The lowest BCUT2D eigenvalue weighted by atomic mass is 9.96. The van der Waals surface area contributed by atoms with E-state index in [1.807, 2.05) is 13.8 Å². The number of hydrogen-bond acceptors (Lipinski definition) is 8. The third-order valence-corrected chi connectivity index (χ3v) is 8.70. The average Bonchev–Trinajstić information content (AvgIpc) is 3.69. The molecule has 5 amide bonds. The summed E-state index contributed by atoms with van der Waals surface area (Å²) in [6.45, 7) is 7.26. The molecule has 0 unspecified atom stereocenters. The summed E-state index contributed by atoms with van der Waals surface area (Å²) in [5, 5.41) is 26.6. The van der Waals surface area contributed by atoms with E-state index >= 15 is 0 Å². The van der Waals surface area contributed by atoms with Crippen LogP contribution in [-0.4, -0.2) is 111 Å². The Kier molecular flexibility index (Phi) is 14.0. The molecule has 2 fully saturated rings. The van der Waals surface area contributed by atoms with E-state index < -0.39 is 78.2 Å². The van der Waals surface area contributed by atoms with Gasteiger partial charge in [-0.3, -0.25) is 28.8 Å². The zero-order chi connectivity index (χ0) is 33.1. The van der Waals surface area contributed by atoms with Crippen molar-refractivity contribution in [1.82, 2.24) is 25.8 Å². The van der Waals surface area contributed by atoms with Crippen LogP contribution < -0.4 is 21.7 Å². The van der Waals surface area contributed by atoms with Crippen LogP contribution >= 0.6 is 0 Å². The number of hydrogen-bond donors (Lipinski definition) is 6. The number of carbonyl (C=O) groups excluding carboxylic acids is 5. The van der Waals surface area contributed by atoms with Crippen LogP contribution in [0, 0.1) is 11.8 Å². The van der Waals surface area contributed by atoms with E-state index in [1.54, 1.807) is 13.8 Å². The molecule has 7 N–H and O–H groups in total. The molecular weight excluding hydrogens is 576 g/mol. The van der Waals surface area contributed by atoms with E-state index in [9.17, 15) is 38.7 Å². The van der Waals surface area contributed by atoms with Crippen LogP contribution in [0.4, 0.5) is 0 Å². The molecule has 0 aliphatic carbocycles. The van der Waals surface area contributed by atoms with Gasteiger partial charge in [-0.1, -0.05) is 40.5 Å². The molecule has 15 nitrogen and oxygen atoms in total. The normalized spacial score (nSPS) is 21.5. The molecule has 2 saturated heterocycles. The number of aliphatic carboxylic acids is 2. The Hall–Kier alpha value is -3.75. The summed E-state index contributed by atoms with van der Waals surface area (Å²) in [5.74, 6) is -5.80. The number of amides is 5. The minimum absolute atomic E-state index is 0.184. The zero-order valence-corrected chi connectivity index (χ0v) is 26.0. The summed E-state index contributed by atoms with van der Waals surface area (Å²) in [6.07, 6.45) is 2.15. The van der Waals surface area contributed by atoms with Crippen molar-refractivity contribution in [3.05, 3.63) is 0 Å². The summed E-state index contributed by atoms with van der Waals surface area (Å²) >= 11 is 0. The SMILES string of the molecule is CC[C@H](C)[C@H](NC(=O)[C@@H]1CCCN1C(=O)[C@@H](NC(=O)[C@@H]1CCCN1C(=O)[C@H](CCC(=O)O)NC(=O)CN)[C@@H](C)CC)C(=O)O. The van der Waals surface area contributed by atoms with Crippen LogP contribution in [0.25, 0.3) is 0 Å². The Labute approximate surface area is 257 Å². The van der Waals surface area contributed by atoms with Gasteiger partial charge in [0.1, 0.15) is 30.2 Å². The summed E-state index contributed by atoms with van der Waals surface area (Å²) < 4.78 is 0. The maximum absolute atomic E-state index is 13.9. The minimum atomic E-state index is -1.18. The van der Waals surface area contributed by atoms with Crippen molar-refractivity contribution >= 4 is 41.5 Å². The summed E-state index contributed by atoms with van der Waals surface area (Å²) in [4.78, 5) is 91.6. The third-order valence-electron chi connectivity index (χ3n) is 8.70. The molecule has 0 aromatic rings. The van der Waals surface area contributed by atoms with Crippen molar-refractivity contribution in [1.29, 1.82) is 0 Å². The Bertz CT molecular complexity index is 1090. The second kappa shape index (κ2) is 16.9. The van der Waals surface area contributed by atoms with Gasteiger partial charge in [-0.2, -0.15) is 0 Å². The van der Waals surface area contributed by atoms with Crippen molar-refractivity contribution in [3.63, 3.8) is 0 Å². The number of rotatable bonds is 16. The van der Waals surface area contributed by atoms with Crippen LogP contribution in [0.2, 0.25) is 0 Å². The molecule has 0 spiro atoms. The molecule has 2 rings (SSSR count). The maximum Gasteiger partial charge on any atom is 0.326 e. The quantitative estimate of drug-likeness (QED) is 0.128. The van der Waals surface area contributed by atoms with E-state index in [1.165, 1.54) is 9.80 Å². The van der Waals surface area contributed by atoms with Gasteiger partial charge in [0.05, 0.1) is 6.54 Å². The molecule has 7 atom stereocenters. The molecule has 0 aromatic carbocycles. The smallest absolute Gasteiger partial charge is 0.326 e. The fourth-order valence-electron chi connectivity index (χ4n) is 5.63. The lowest BCUT2D eigenvalue weighted by molar-refractivity contribution is -0.147. The monoisotopic (exact) mass is 624 g/mol. The first-order valence-corrected chi connectivity index (χ1v) is 15.4. The van der Waals surface area contributed by atoms with E-state index in [0.29, 0.717) is 38.5 Å². The van der Waals surface area contributed by atoms with Crippen molar-refractivity contribution in [2.45, 2.75) is 109 Å². The number of nitrogens with one attached hydrogen (secondary N) is 3. The highest BCUT2D eigenvalue weighted by molar-refractivity contribution is 5.97. The van der Waals surface area contributed by atoms with Crippen LogP contribution in [0.1, 0.15) is 79.1 Å². The second-order valence-corrected chi connectivity index (χ2v) is 11.7. The molecular formula is C29H48N6O9. The van der Waals surface area contributed by atoms with Crippen LogP contribution in [0.5, 0.6) is 0 Å². The Balaban J connectivity index is 2.22. The molecule has 44 heavy (non-hydrogen) atoms. The van der Waals surface area contributed by atoms with E-state index in [2.05, 4.69) is 16.0 Å². The Morgan fingerprint density at radius 1 is 0.773 bits per heavy atom. The number of likely N-dealkylation sites (tertiary alicyclic amines) is 2. The minimum Gasteiger partial charge on any atom is -0.481 e. The van der Waals surface area contributed by atoms with Crippen LogP contribution in [-0.2, 0) is 33.6 Å². The first kappa shape index (κ1) is 36.4. The lowest BCUT2D eigenvalue weighted by Crippen LogP contribution is -2.60. The topological polar surface area (TPSA) is 229 Å². The predicted octanol–water partition coefficient (Wildman–Crippen LogP) is -0.577. The van der Waals surface area contributed by atoms with Gasteiger partial charge in [0.15, 0.2) is 0 Å². The van der Waals surface area contributed by atoms with E-state index in [-0.39, 0.29) is 37.8 Å². The van der Waals surface area contributed by atoms with Gasteiger partial charge in [-0.15, -0.1) is 0 Å². The van der Waals surface area contributed by atoms with Gasteiger partial charge >= 0.3 is 11.9 Å². The van der Waals surface area contributed by atoms with Crippen molar-refractivity contribution in [2.75, 3.05) is 19.6 Å². The predicted molar refractivity (Wildman–Crippen MR) is 158 cm³/mol. The maximum atomic E-state index is 13.9. The standard InChI is InChI=1S/C29H48N6O9/c1-5-16(3)23(28(42)35-14-8-10-20(35)26(40)33-24(29(43)44)17(4)6-2)32-25(39)19-9-7-13-34(19)27(41)18(11-12-22(37)38)31-21(36)15-30/h16-20,23-24H,5-15,30H2,1-4H3,(H,31,36)(H,32,39)(H,33,40)(H,37,38)(H,43,44)/t16-,17-,18-,19-,20-,23-,24-/m0/s1. The van der Waals surface area contributed by atoms with Gasteiger partial charge in [-0.05, 0) is 43.9 Å². The van der Waals surface area contributed by atoms with Crippen molar-refractivity contribution in [2.24, 2.45) is 17.6 Å². The van der Waals surface area contributed by atoms with Gasteiger partial charge < -0.3 is 41.7 Å². The number of carboxylic acids is 2. The largest absolute Gasteiger partial charge is 0.481 e. The highest BCUT2D eigenvalue weighted by Crippen LogP contribution is 2.24. The van der Waals surface area contributed by atoms with Gasteiger partial charge in [0.25, 0.3) is 0 Å². The van der Waals surface area contributed by atoms with Crippen molar-refractivity contribution < 1.29 is 43.8 Å². The van der Waals surface area contributed by atoms with Crippen LogP contribution in [0.15, 0.2) is 0 Å². The van der Waals surface area contributed by atoms with E-state index in [4.69, 9.17) is 10.8 Å². The summed E-state index contributed by atoms with van der Waals surface area (Å²) in [6, 6.07) is -5.13. The van der Waals surface area contributed by atoms with Gasteiger partial charge in [-0.25, -0.2) is 4.79 Å². The summed E-state index contributed by atoms with van der Waals surface area (Å²) in [7, 11) is 0. The molecule has 0 aromatic heterocycles. The highest BCUT2D eigenvalue weighted by Gasteiger charge is 2.43. The first-order valence-electron chi connectivity index (χ1n) is 15.4. The van der Waals surface area contributed by atoms with Crippen LogP contribution in [0.3, 0.4) is 0 Å². The highest BCUT2D eigenvalue weighted by atomic mass is 16.4. The number of carboxylic acid groups (broad SMARTS) is 2. The molecule has 2 aliphatic rings. The zero-order valence-electron chi connectivity index (χ0n) is 26.0. The number of nitrogens with zero attached hydrogens (tertiary/aromatic N) is 2. The lowest BCUT2D eigenvalue weighted by Gasteiger charge is -2.34. The Morgan fingerprint density at radius 2 is 1.25 bits per heavy atom. The van der Waals surface area contributed by atoms with Crippen molar-refractivity contribution in [3.8, 4) is 0 Å². The number of nitrogens with two attached hydrogens (primary N) is 1. The summed E-state index contributed by atoms with van der Waals surface area (Å²) in [5.41, 5.74) is 5.36. The number of carbonyl (C=O) groups is 7.